The number of carbonyl (C=O) groups is 2. The molecule has 24 heavy (non-hydrogen) atoms. The number of rotatable bonds is 0. The zero-order chi connectivity index (χ0) is 17.4. The maximum absolute atomic E-state index is 11.4. The van der Waals surface area contributed by atoms with Gasteiger partial charge in [0, 0.05) is 0 Å². The van der Waals surface area contributed by atoms with Crippen LogP contribution in [0.15, 0.2) is 23.7 Å². The molecule has 4 rings (SSSR count). The van der Waals surface area contributed by atoms with Crippen LogP contribution in [-0.4, -0.2) is 11.9 Å². The molecule has 2 saturated carbocycles. The number of hydrogen-bond acceptors (Lipinski definition) is 4. The average molecular weight is 332 g/mol. The van der Waals surface area contributed by atoms with Crippen molar-refractivity contribution < 1.29 is 19.1 Å². The lowest BCUT2D eigenvalue weighted by Crippen LogP contribution is -2.28. The van der Waals surface area contributed by atoms with Crippen LogP contribution in [0.25, 0.3) is 0 Å². The van der Waals surface area contributed by atoms with Crippen molar-refractivity contribution in [2.45, 2.75) is 53.4 Å². The Bertz CT molecular complexity index is 536. The number of ether oxygens (including phenoxy) is 2. The van der Waals surface area contributed by atoms with Gasteiger partial charge in [-0.2, -0.15) is 0 Å². The maximum atomic E-state index is 11.4. The predicted octanol–water partition coefficient (Wildman–Crippen LogP) is 4.22. The van der Waals surface area contributed by atoms with Crippen molar-refractivity contribution in [2.24, 2.45) is 35.5 Å². The minimum absolute atomic E-state index is 0.0180. The van der Waals surface area contributed by atoms with E-state index >= 15 is 0 Å². The van der Waals surface area contributed by atoms with Gasteiger partial charge in [-0.15, -0.1) is 0 Å². The number of esters is 2. The van der Waals surface area contributed by atoms with E-state index < -0.39 is 0 Å². The normalized spacial score (nSPS) is 40.3. The third-order valence-electron chi connectivity index (χ3n) is 6.40. The van der Waals surface area contributed by atoms with Crippen molar-refractivity contribution in [2.75, 3.05) is 0 Å². The van der Waals surface area contributed by atoms with Crippen LogP contribution in [-0.2, 0) is 19.1 Å². The molecule has 0 aromatic heterocycles. The van der Waals surface area contributed by atoms with Crippen LogP contribution in [0.3, 0.4) is 0 Å². The maximum Gasteiger partial charge on any atom is 0.314 e. The van der Waals surface area contributed by atoms with Crippen molar-refractivity contribution in [1.29, 1.82) is 0 Å². The molecule has 2 aliphatic carbocycles. The Morgan fingerprint density at radius 3 is 1.46 bits per heavy atom. The molecule has 0 bridgehead atoms. The molecule has 4 nitrogen and oxygen atoms in total. The molecule has 2 fully saturated rings. The van der Waals surface area contributed by atoms with E-state index in [1.807, 2.05) is 0 Å². The highest BCUT2D eigenvalue weighted by Gasteiger charge is 2.43. The molecule has 0 amide bonds. The predicted molar refractivity (Wildman–Crippen MR) is 90.5 cm³/mol. The van der Waals surface area contributed by atoms with Gasteiger partial charge in [-0.1, -0.05) is 13.8 Å². The lowest BCUT2D eigenvalue weighted by molar-refractivity contribution is -0.147. The van der Waals surface area contributed by atoms with Crippen LogP contribution < -0.4 is 0 Å². The first kappa shape index (κ1) is 17.2. The smallest absolute Gasteiger partial charge is 0.314 e. The summed E-state index contributed by atoms with van der Waals surface area (Å²) in [6, 6.07) is 0. The number of carbonyl (C=O) groups excluding carboxylic acids is 2. The van der Waals surface area contributed by atoms with E-state index in [0.29, 0.717) is 23.7 Å². The number of cyclic esters (lactones) is 2. The van der Waals surface area contributed by atoms with Gasteiger partial charge >= 0.3 is 11.9 Å². The van der Waals surface area contributed by atoms with Crippen LogP contribution in [0.4, 0.5) is 0 Å². The molecule has 2 heterocycles. The number of fused-ring (bicyclic) bond motifs is 2. The molecular weight excluding hydrogens is 304 g/mol. The second-order valence-corrected chi connectivity index (χ2v) is 7.97. The highest BCUT2D eigenvalue weighted by Crippen LogP contribution is 2.44. The SMILES string of the molecule is CC1=COC(=O)C2C1CC[C@@H]2C.CC1=COC(=O)C2C1CC[C@@H]2C. The second-order valence-electron chi connectivity index (χ2n) is 7.97. The molecule has 4 unspecified atom stereocenters. The minimum atomic E-state index is -0.0180. The number of hydrogen-bond donors (Lipinski definition) is 0. The molecule has 2 aliphatic heterocycles. The molecule has 0 aromatic carbocycles. The minimum Gasteiger partial charge on any atom is -0.434 e. The lowest BCUT2D eigenvalue weighted by Gasteiger charge is -2.25. The van der Waals surface area contributed by atoms with Gasteiger partial charge in [0.1, 0.15) is 0 Å². The summed E-state index contributed by atoms with van der Waals surface area (Å²) < 4.78 is 9.95. The summed E-state index contributed by atoms with van der Waals surface area (Å²) in [6.07, 6.45) is 7.89. The van der Waals surface area contributed by atoms with Gasteiger partial charge in [-0.3, -0.25) is 9.59 Å². The molecule has 0 saturated heterocycles. The summed E-state index contributed by atoms with van der Waals surface area (Å²) in [5, 5.41) is 0. The standard InChI is InChI=1S/2C10H14O2/c2*1-6-3-4-8-7(2)5-12-10(11)9(6)8/h2*5-6,8-9H,3-4H2,1-2H3/t2*6-,8?,9?/m00/s1. The van der Waals surface area contributed by atoms with Crippen LogP contribution in [0.1, 0.15) is 53.4 Å². The Labute approximate surface area is 144 Å². The van der Waals surface area contributed by atoms with Crippen LogP contribution in [0.5, 0.6) is 0 Å². The van der Waals surface area contributed by atoms with Gasteiger partial charge in [-0.25, -0.2) is 0 Å². The summed E-state index contributed by atoms with van der Waals surface area (Å²) in [4.78, 5) is 22.7. The third-order valence-corrected chi connectivity index (χ3v) is 6.40. The summed E-state index contributed by atoms with van der Waals surface area (Å²) in [7, 11) is 0. The van der Waals surface area contributed by atoms with Crippen LogP contribution in [0, 0.1) is 35.5 Å². The fourth-order valence-electron chi connectivity index (χ4n) is 4.85. The summed E-state index contributed by atoms with van der Waals surface area (Å²) in [6.45, 7) is 8.40. The van der Waals surface area contributed by atoms with Gasteiger partial charge in [0.05, 0.1) is 24.4 Å². The van der Waals surface area contributed by atoms with Gasteiger partial charge < -0.3 is 9.47 Å². The fraction of sp³-hybridized carbons (Fsp3) is 0.700. The average Bonchev–Trinajstić information content (AvgIpc) is 3.13. The van der Waals surface area contributed by atoms with E-state index in [2.05, 4.69) is 27.7 Å². The van der Waals surface area contributed by atoms with Gasteiger partial charge in [0.25, 0.3) is 0 Å². The first-order valence-electron chi connectivity index (χ1n) is 9.14. The van der Waals surface area contributed by atoms with Gasteiger partial charge in [-0.05, 0) is 74.3 Å². The van der Waals surface area contributed by atoms with E-state index in [1.54, 1.807) is 12.5 Å². The van der Waals surface area contributed by atoms with E-state index in [4.69, 9.17) is 9.47 Å². The van der Waals surface area contributed by atoms with Gasteiger partial charge in [0.15, 0.2) is 0 Å². The van der Waals surface area contributed by atoms with Gasteiger partial charge in [0.2, 0.25) is 0 Å². The molecule has 4 aliphatic rings. The Morgan fingerprint density at radius 1 is 0.750 bits per heavy atom. The van der Waals surface area contributed by atoms with Crippen LogP contribution in [0.2, 0.25) is 0 Å². The molecule has 0 radical (unpaired) electrons. The topological polar surface area (TPSA) is 52.6 Å². The summed E-state index contributed by atoms with van der Waals surface area (Å²) in [5.41, 5.74) is 2.48. The molecule has 0 N–H and O–H groups in total. The molecular formula is C20H28O4. The van der Waals surface area contributed by atoms with E-state index in [-0.39, 0.29) is 23.8 Å². The van der Waals surface area contributed by atoms with Crippen LogP contribution >= 0.6 is 0 Å². The second kappa shape index (κ2) is 6.73. The van der Waals surface area contributed by atoms with Crippen molar-refractivity contribution in [1.82, 2.24) is 0 Å². The quantitative estimate of drug-likeness (QED) is 0.623. The zero-order valence-corrected chi connectivity index (χ0v) is 15.1. The van der Waals surface area contributed by atoms with E-state index in [9.17, 15) is 9.59 Å². The largest absolute Gasteiger partial charge is 0.434 e. The zero-order valence-electron chi connectivity index (χ0n) is 15.1. The Balaban J connectivity index is 0.000000141. The summed E-state index contributed by atoms with van der Waals surface area (Å²) >= 11 is 0. The van der Waals surface area contributed by atoms with E-state index in [1.165, 1.54) is 11.1 Å². The lowest BCUT2D eigenvalue weighted by atomic mass is 9.85. The van der Waals surface area contributed by atoms with Crippen molar-refractivity contribution in [3.63, 3.8) is 0 Å². The molecule has 4 heteroatoms. The first-order valence-corrected chi connectivity index (χ1v) is 9.14. The monoisotopic (exact) mass is 332 g/mol. The number of allylic oxidation sites excluding steroid dienone is 2. The molecule has 0 aromatic rings. The molecule has 6 atom stereocenters. The first-order chi connectivity index (χ1) is 11.4. The van der Waals surface area contributed by atoms with Crippen molar-refractivity contribution >= 4 is 11.9 Å². The van der Waals surface area contributed by atoms with Crippen molar-refractivity contribution in [3.05, 3.63) is 23.7 Å². The Kier molecular flexibility index (Phi) is 4.84. The van der Waals surface area contributed by atoms with Crippen molar-refractivity contribution in [3.8, 4) is 0 Å². The molecule has 0 spiro atoms. The Hall–Kier alpha value is -1.58. The fourth-order valence-corrected chi connectivity index (χ4v) is 4.85. The Morgan fingerprint density at radius 2 is 1.12 bits per heavy atom. The molecule has 132 valence electrons. The van der Waals surface area contributed by atoms with E-state index in [0.717, 1.165) is 25.7 Å². The highest BCUT2D eigenvalue weighted by molar-refractivity contribution is 5.76. The summed E-state index contributed by atoms with van der Waals surface area (Å²) in [5.74, 6) is 2.22. The third kappa shape index (κ3) is 3.03. The highest BCUT2D eigenvalue weighted by atomic mass is 16.5.